The van der Waals surface area contributed by atoms with Crippen molar-refractivity contribution in [3.63, 3.8) is 0 Å². The average molecular weight is 346 g/mol. The van der Waals surface area contributed by atoms with Gasteiger partial charge in [0.15, 0.2) is 6.29 Å². The van der Waals surface area contributed by atoms with Crippen molar-refractivity contribution in [3.8, 4) is 0 Å². The van der Waals surface area contributed by atoms with Crippen LogP contribution in [0.25, 0.3) is 0 Å². The summed E-state index contributed by atoms with van der Waals surface area (Å²) in [6, 6.07) is 0. The number of hydrogen-bond acceptors (Lipinski definition) is 8. The van der Waals surface area contributed by atoms with Crippen molar-refractivity contribution in [1.82, 2.24) is 0 Å². The second-order valence-electron chi connectivity index (χ2n) is 7.78. The van der Waals surface area contributed by atoms with E-state index in [4.69, 9.17) is 9.47 Å². The maximum atomic E-state index is 12.7. The largest absolute Gasteiger partial charge is 0.395 e. The average Bonchev–Trinajstić information content (AvgIpc) is 3.00. The predicted octanol–water partition coefficient (Wildman–Crippen LogP) is -1.83. The Kier molecular flexibility index (Phi) is 4.53. The van der Waals surface area contributed by atoms with Crippen LogP contribution in [0.4, 0.5) is 0 Å². The number of aliphatic hydroxyl groups is 5. The molecule has 0 aromatic rings. The number of aliphatic hydroxyl groups excluding tert-OH is 5. The van der Waals surface area contributed by atoms with Gasteiger partial charge in [0, 0.05) is 0 Å². The Labute approximate surface area is 140 Å². The third kappa shape index (κ3) is 2.36. The summed E-state index contributed by atoms with van der Waals surface area (Å²) in [7, 11) is 0. The normalized spacial score (nSPS) is 54.5. The highest BCUT2D eigenvalue weighted by Gasteiger charge is 2.66. The number of ether oxygens (including phenoxy) is 2. The highest BCUT2D eigenvalue weighted by molar-refractivity contribution is 5.94. The summed E-state index contributed by atoms with van der Waals surface area (Å²) in [5, 5.41) is 48.6. The van der Waals surface area contributed by atoms with Gasteiger partial charge >= 0.3 is 0 Å². The van der Waals surface area contributed by atoms with E-state index in [0.717, 1.165) is 0 Å². The van der Waals surface area contributed by atoms with Gasteiger partial charge in [-0.05, 0) is 18.8 Å². The molecule has 0 unspecified atom stereocenters. The van der Waals surface area contributed by atoms with Crippen molar-refractivity contribution in [3.05, 3.63) is 0 Å². The molecule has 0 aromatic carbocycles. The quantitative estimate of drug-likeness (QED) is 0.401. The maximum Gasteiger partial charge on any atom is 0.187 e. The molecule has 0 radical (unpaired) electrons. The van der Waals surface area contributed by atoms with Gasteiger partial charge in [0.2, 0.25) is 0 Å². The molecule has 2 saturated carbocycles. The van der Waals surface area contributed by atoms with Gasteiger partial charge in [-0.25, -0.2) is 0 Å². The number of carbonyl (C=O) groups excluding carboxylic acids is 1. The Morgan fingerprint density at radius 1 is 1.17 bits per heavy atom. The molecule has 0 amide bonds. The fourth-order valence-corrected chi connectivity index (χ4v) is 4.56. The number of hydrogen-bond donors (Lipinski definition) is 5. The standard InChI is InChI=1S/C16H26O8/c1-15-4-7(16(2,6-18)14(15)22)3-9(15)24-13-12(21)11(20)10(19)8(5-17)23-13/h7-13,17-21H,3-6H2,1-2H3/t7-,8-,9-,10-,11+,12-,13+,15-,16-/m1/s1. The Morgan fingerprint density at radius 3 is 2.38 bits per heavy atom. The zero-order chi connectivity index (χ0) is 17.9. The first-order valence-corrected chi connectivity index (χ1v) is 8.30. The zero-order valence-corrected chi connectivity index (χ0v) is 13.8. The third-order valence-electron chi connectivity index (χ3n) is 6.29. The molecule has 24 heavy (non-hydrogen) atoms. The molecule has 1 saturated heterocycles. The molecule has 1 aliphatic heterocycles. The SMILES string of the molecule is C[C@]1(CO)C(=O)[C@]2(C)C[C@H]1C[C@H]2O[C@@H]1O[C@H](CO)[C@@H](O)[C@H](O)[C@H]1O. The predicted molar refractivity (Wildman–Crippen MR) is 79.7 cm³/mol. The molecular weight excluding hydrogens is 320 g/mol. The molecule has 0 aromatic heterocycles. The molecule has 138 valence electrons. The van der Waals surface area contributed by atoms with E-state index in [-0.39, 0.29) is 18.3 Å². The lowest BCUT2D eigenvalue weighted by Gasteiger charge is -2.44. The second-order valence-corrected chi connectivity index (χ2v) is 7.78. The number of rotatable bonds is 4. The number of ketones is 1. The van der Waals surface area contributed by atoms with E-state index in [0.29, 0.717) is 12.8 Å². The van der Waals surface area contributed by atoms with E-state index in [9.17, 15) is 30.3 Å². The van der Waals surface area contributed by atoms with Crippen LogP contribution in [0.3, 0.4) is 0 Å². The summed E-state index contributed by atoms with van der Waals surface area (Å²) in [6.07, 6.45) is -6.11. The van der Waals surface area contributed by atoms with Gasteiger partial charge in [0.25, 0.3) is 0 Å². The van der Waals surface area contributed by atoms with E-state index in [1.54, 1.807) is 13.8 Å². The first kappa shape index (κ1) is 18.2. The maximum absolute atomic E-state index is 12.7. The number of Topliss-reactive ketones (excluding diaryl/α,β-unsaturated/α-hetero) is 1. The zero-order valence-electron chi connectivity index (χ0n) is 13.8. The van der Waals surface area contributed by atoms with Gasteiger partial charge in [-0.3, -0.25) is 4.79 Å². The van der Waals surface area contributed by atoms with Crippen molar-refractivity contribution in [2.24, 2.45) is 16.7 Å². The van der Waals surface area contributed by atoms with Gasteiger partial charge < -0.3 is 35.0 Å². The van der Waals surface area contributed by atoms with Crippen molar-refractivity contribution >= 4 is 5.78 Å². The molecule has 1 heterocycles. The smallest absolute Gasteiger partial charge is 0.187 e. The molecule has 2 aliphatic carbocycles. The van der Waals surface area contributed by atoms with Gasteiger partial charge in [0.05, 0.1) is 30.1 Å². The molecule has 3 aliphatic rings. The van der Waals surface area contributed by atoms with Crippen molar-refractivity contribution in [2.75, 3.05) is 13.2 Å². The first-order chi connectivity index (χ1) is 11.2. The van der Waals surface area contributed by atoms with Gasteiger partial charge in [0.1, 0.15) is 30.2 Å². The van der Waals surface area contributed by atoms with Crippen LogP contribution in [0.5, 0.6) is 0 Å². The highest BCUT2D eigenvalue weighted by atomic mass is 16.7. The lowest BCUT2D eigenvalue weighted by atomic mass is 9.69. The topological polar surface area (TPSA) is 137 Å². The fourth-order valence-electron chi connectivity index (χ4n) is 4.56. The van der Waals surface area contributed by atoms with E-state index < -0.39 is 54.2 Å². The highest BCUT2D eigenvalue weighted by Crippen LogP contribution is 2.61. The Morgan fingerprint density at radius 2 is 1.83 bits per heavy atom. The molecule has 8 nitrogen and oxygen atoms in total. The van der Waals surface area contributed by atoms with Crippen molar-refractivity contribution in [2.45, 2.75) is 63.5 Å². The van der Waals surface area contributed by atoms with Crippen molar-refractivity contribution < 1.29 is 39.8 Å². The minimum absolute atomic E-state index is 0.0186. The molecule has 2 bridgehead atoms. The Balaban J connectivity index is 1.75. The molecule has 0 spiro atoms. The van der Waals surface area contributed by atoms with Gasteiger partial charge in [-0.2, -0.15) is 0 Å². The van der Waals surface area contributed by atoms with Gasteiger partial charge in [-0.1, -0.05) is 13.8 Å². The van der Waals surface area contributed by atoms with E-state index in [1.807, 2.05) is 0 Å². The number of fused-ring (bicyclic) bond motifs is 2. The lowest BCUT2D eigenvalue weighted by molar-refractivity contribution is -0.317. The minimum atomic E-state index is -1.51. The van der Waals surface area contributed by atoms with E-state index in [1.165, 1.54) is 0 Å². The van der Waals surface area contributed by atoms with Crippen LogP contribution >= 0.6 is 0 Å². The monoisotopic (exact) mass is 346 g/mol. The summed E-state index contributed by atoms with van der Waals surface area (Å²) in [6.45, 7) is 2.80. The summed E-state index contributed by atoms with van der Waals surface area (Å²) >= 11 is 0. The van der Waals surface area contributed by atoms with Crippen LogP contribution in [0.15, 0.2) is 0 Å². The first-order valence-electron chi connectivity index (χ1n) is 8.30. The molecular formula is C16H26O8. The molecule has 3 rings (SSSR count). The molecule has 5 N–H and O–H groups in total. The summed E-state index contributed by atoms with van der Waals surface area (Å²) < 4.78 is 11.2. The van der Waals surface area contributed by atoms with Crippen LogP contribution in [0.2, 0.25) is 0 Å². The number of carbonyl (C=O) groups is 1. The third-order valence-corrected chi connectivity index (χ3v) is 6.29. The van der Waals surface area contributed by atoms with Crippen molar-refractivity contribution in [1.29, 1.82) is 0 Å². The summed E-state index contributed by atoms with van der Waals surface area (Å²) in [4.78, 5) is 12.7. The fraction of sp³-hybridized carbons (Fsp3) is 0.938. The minimum Gasteiger partial charge on any atom is -0.395 e. The van der Waals surface area contributed by atoms with E-state index in [2.05, 4.69) is 0 Å². The van der Waals surface area contributed by atoms with Crippen LogP contribution < -0.4 is 0 Å². The lowest BCUT2D eigenvalue weighted by Crippen LogP contribution is -2.60. The molecule has 8 heteroatoms. The second kappa shape index (κ2) is 5.98. The molecule has 3 fully saturated rings. The van der Waals surface area contributed by atoms with Crippen LogP contribution in [-0.2, 0) is 14.3 Å². The summed E-state index contributed by atoms with van der Waals surface area (Å²) in [5.41, 5.74) is -1.56. The van der Waals surface area contributed by atoms with Crippen LogP contribution in [0.1, 0.15) is 26.7 Å². The van der Waals surface area contributed by atoms with E-state index >= 15 is 0 Å². The Hall–Kier alpha value is -0.610. The molecule has 9 atom stereocenters. The van der Waals surface area contributed by atoms with Gasteiger partial charge in [-0.15, -0.1) is 0 Å². The van der Waals surface area contributed by atoms with Crippen LogP contribution in [0, 0.1) is 16.7 Å². The van der Waals surface area contributed by atoms with Crippen LogP contribution in [-0.4, -0.2) is 81.3 Å². The Bertz CT molecular complexity index is 510. The summed E-state index contributed by atoms with van der Waals surface area (Å²) in [5.74, 6) is -0.0850.